The summed E-state index contributed by atoms with van der Waals surface area (Å²) in [6, 6.07) is -0.910. The van der Waals surface area contributed by atoms with E-state index in [9.17, 15) is 19.4 Å². The van der Waals surface area contributed by atoms with Gasteiger partial charge in [0.1, 0.15) is 13.2 Å². The second-order valence-electron chi connectivity index (χ2n) is 23.1. The maximum absolute atomic E-state index is 13.0. The van der Waals surface area contributed by atoms with Crippen molar-refractivity contribution in [2.75, 3.05) is 40.9 Å². The van der Waals surface area contributed by atoms with E-state index in [0.29, 0.717) is 17.4 Å². The number of carbonyl (C=O) groups is 1. The van der Waals surface area contributed by atoms with Crippen molar-refractivity contribution in [3.63, 3.8) is 0 Å². The molecule has 0 aliphatic rings. The summed E-state index contributed by atoms with van der Waals surface area (Å²) in [6.45, 7) is 4.65. The van der Waals surface area contributed by atoms with Crippen LogP contribution in [0.4, 0.5) is 0 Å². The van der Waals surface area contributed by atoms with Crippen LogP contribution in [0.5, 0.6) is 0 Å². The van der Waals surface area contributed by atoms with Gasteiger partial charge in [-0.2, -0.15) is 0 Å². The molecule has 1 amide bonds. The van der Waals surface area contributed by atoms with Crippen LogP contribution < -0.4 is 10.2 Å². The first-order valence-electron chi connectivity index (χ1n) is 32.2. The van der Waals surface area contributed by atoms with Gasteiger partial charge in [0.25, 0.3) is 7.82 Å². The summed E-state index contributed by atoms with van der Waals surface area (Å²) in [7, 11) is 1.24. The fraction of sp³-hybridized carbons (Fsp3) is 0.833. The number of rotatable bonds is 59. The number of phosphoric acid groups is 1. The third-order valence-electron chi connectivity index (χ3n) is 14.4. The highest BCUT2D eigenvalue weighted by atomic mass is 31.2. The van der Waals surface area contributed by atoms with E-state index in [1.54, 1.807) is 6.08 Å². The maximum Gasteiger partial charge on any atom is 0.268 e. The number of nitrogens with zero attached hydrogens (tertiary/aromatic N) is 1. The molecule has 0 rings (SSSR count). The molecule has 9 heteroatoms. The molecule has 0 aromatic carbocycles. The van der Waals surface area contributed by atoms with Crippen LogP contribution in [0, 0.1) is 0 Å². The second kappa shape index (κ2) is 56.9. The van der Waals surface area contributed by atoms with Crippen LogP contribution in [-0.4, -0.2) is 68.5 Å². The summed E-state index contributed by atoms with van der Waals surface area (Å²) in [5, 5.41) is 13.9. The van der Waals surface area contributed by atoms with E-state index in [-0.39, 0.29) is 12.5 Å². The highest BCUT2D eigenvalue weighted by molar-refractivity contribution is 7.45. The van der Waals surface area contributed by atoms with Crippen molar-refractivity contribution in [2.45, 2.75) is 315 Å². The molecule has 0 aliphatic carbocycles. The van der Waals surface area contributed by atoms with E-state index in [4.69, 9.17) is 9.05 Å². The topological polar surface area (TPSA) is 108 Å². The number of quaternary nitrogens is 1. The summed E-state index contributed by atoms with van der Waals surface area (Å²) in [6.07, 6.45) is 77.5. The van der Waals surface area contributed by atoms with Crippen LogP contribution in [0.15, 0.2) is 60.8 Å². The average Bonchev–Trinajstić information content (AvgIpc) is 3.37. The highest BCUT2D eigenvalue weighted by Gasteiger charge is 2.23. The van der Waals surface area contributed by atoms with Gasteiger partial charge in [-0.25, -0.2) is 0 Å². The summed E-state index contributed by atoms with van der Waals surface area (Å²) in [5.74, 6) is -0.209. The summed E-state index contributed by atoms with van der Waals surface area (Å²) in [5.41, 5.74) is 0. The zero-order valence-electron chi connectivity index (χ0n) is 50.3. The molecule has 0 fully saturated rings. The quantitative estimate of drug-likeness (QED) is 0.0272. The lowest BCUT2D eigenvalue weighted by Crippen LogP contribution is -2.45. The highest BCUT2D eigenvalue weighted by Crippen LogP contribution is 2.38. The predicted molar refractivity (Wildman–Crippen MR) is 325 cm³/mol. The molecule has 8 nitrogen and oxygen atoms in total. The Morgan fingerprint density at radius 3 is 1.17 bits per heavy atom. The molecule has 0 saturated heterocycles. The number of amides is 1. The van der Waals surface area contributed by atoms with E-state index >= 15 is 0 Å². The first-order valence-corrected chi connectivity index (χ1v) is 33.6. The van der Waals surface area contributed by atoms with E-state index in [2.05, 4.69) is 67.8 Å². The number of unbranched alkanes of at least 4 members (excludes halogenated alkanes) is 38. The van der Waals surface area contributed by atoms with E-state index < -0.39 is 26.6 Å². The molecule has 75 heavy (non-hydrogen) atoms. The molecular weight excluding hydrogens is 948 g/mol. The van der Waals surface area contributed by atoms with Gasteiger partial charge in [0, 0.05) is 6.42 Å². The lowest BCUT2D eigenvalue weighted by molar-refractivity contribution is -0.870. The van der Waals surface area contributed by atoms with Crippen LogP contribution in [0.3, 0.4) is 0 Å². The first kappa shape index (κ1) is 73.2. The van der Waals surface area contributed by atoms with Gasteiger partial charge in [-0.1, -0.05) is 286 Å². The van der Waals surface area contributed by atoms with Crippen molar-refractivity contribution in [3.05, 3.63) is 60.8 Å². The number of phosphoric ester groups is 1. The zero-order valence-corrected chi connectivity index (χ0v) is 51.1. The standard InChI is InChI=1S/C66H125N2O6P/c1-6-8-10-12-14-16-18-20-22-24-26-28-30-32-33-34-36-37-39-41-43-45-47-49-51-53-55-57-59-65(69)64(63-74-75(71,72)73-62-61-68(3,4)5)67-66(70)60-58-56-54-52-50-48-46-44-42-40-38-35-31-29-27-25-23-21-19-17-15-13-11-9-7-2/h19,21,25,27,31,35,49,51,57,59,64-65,69H,6-18,20,22-24,26,28-30,32-34,36-48,50,52-56,58,60-63H2,1-5H3,(H-,67,70,71,72)/b21-19-,27-25-,35-31-,51-49+,59-57+. The molecule has 0 aromatic heterocycles. The minimum absolute atomic E-state index is 0.00863. The number of aliphatic hydroxyl groups excluding tert-OH is 1. The number of allylic oxidation sites excluding steroid dienone is 9. The number of aliphatic hydroxyl groups is 1. The largest absolute Gasteiger partial charge is 0.756 e. The predicted octanol–water partition coefficient (Wildman–Crippen LogP) is 19.4. The van der Waals surface area contributed by atoms with Crippen LogP contribution in [0.25, 0.3) is 0 Å². The smallest absolute Gasteiger partial charge is 0.268 e. The number of hydrogen-bond acceptors (Lipinski definition) is 6. The Morgan fingerprint density at radius 1 is 0.467 bits per heavy atom. The summed E-state index contributed by atoms with van der Waals surface area (Å²) < 4.78 is 23.4. The lowest BCUT2D eigenvalue weighted by Gasteiger charge is -2.29. The second-order valence-corrected chi connectivity index (χ2v) is 24.5. The molecule has 2 N–H and O–H groups in total. The molecule has 0 heterocycles. The van der Waals surface area contributed by atoms with E-state index in [1.807, 2.05) is 27.2 Å². The third-order valence-corrected chi connectivity index (χ3v) is 15.4. The molecule has 0 aromatic rings. The minimum Gasteiger partial charge on any atom is -0.756 e. The fourth-order valence-corrected chi connectivity index (χ4v) is 10.1. The van der Waals surface area contributed by atoms with E-state index in [1.165, 1.54) is 231 Å². The van der Waals surface area contributed by atoms with Crippen LogP contribution >= 0.6 is 7.82 Å². The Labute approximate surface area is 466 Å². The zero-order chi connectivity index (χ0) is 54.9. The summed E-state index contributed by atoms with van der Waals surface area (Å²) in [4.78, 5) is 25.6. The molecule has 0 bridgehead atoms. The van der Waals surface area contributed by atoms with Crippen molar-refractivity contribution in [1.29, 1.82) is 0 Å². The van der Waals surface area contributed by atoms with Gasteiger partial charge < -0.3 is 28.8 Å². The SMILES string of the molecule is CCCCCCC/C=C\C/C=C\C/C=C\CCCCCCCCCCCCC(=O)NC(COP(=O)([O-])OCC[N+](C)(C)C)C(O)/C=C/CC/C=C/CCCCCCCCCCCCCCCCCCCCCCCC. The number of likely N-dealkylation sites (N-methyl/N-ethyl adjacent to an activating group) is 1. The Bertz CT molecular complexity index is 1400. The average molecular weight is 1070 g/mol. The first-order chi connectivity index (χ1) is 36.5. The summed E-state index contributed by atoms with van der Waals surface area (Å²) >= 11 is 0. The van der Waals surface area contributed by atoms with Gasteiger partial charge in [0.05, 0.1) is 39.9 Å². The van der Waals surface area contributed by atoms with Crippen LogP contribution in [0.2, 0.25) is 0 Å². The normalized spacial score (nSPS) is 14.2. The molecule has 3 atom stereocenters. The molecule has 440 valence electrons. The Kier molecular flexibility index (Phi) is 55.5. The van der Waals surface area contributed by atoms with Gasteiger partial charge >= 0.3 is 0 Å². The molecule has 3 unspecified atom stereocenters. The number of carbonyl (C=O) groups excluding carboxylic acids is 1. The van der Waals surface area contributed by atoms with Gasteiger partial charge in [-0.3, -0.25) is 9.36 Å². The molecule has 0 aliphatic heterocycles. The Balaban J connectivity index is 4.19. The van der Waals surface area contributed by atoms with Gasteiger partial charge in [0.15, 0.2) is 0 Å². The van der Waals surface area contributed by atoms with Crippen molar-refractivity contribution in [2.24, 2.45) is 0 Å². The van der Waals surface area contributed by atoms with Gasteiger partial charge in [-0.05, 0) is 70.6 Å². The van der Waals surface area contributed by atoms with Gasteiger partial charge in [0.2, 0.25) is 5.91 Å². The lowest BCUT2D eigenvalue weighted by atomic mass is 10.0. The molecule has 0 radical (unpaired) electrons. The van der Waals surface area contributed by atoms with Crippen molar-refractivity contribution < 1.29 is 32.9 Å². The fourth-order valence-electron chi connectivity index (χ4n) is 9.41. The monoisotopic (exact) mass is 1070 g/mol. The Morgan fingerprint density at radius 2 is 0.787 bits per heavy atom. The van der Waals surface area contributed by atoms with Crippen LogP contribution in [0.1, 0.15) is 303 Å². The van der Waals surface area contributed by atoms with Crippen molar-refractivity contribution >= 4 is 13.7 Å². The maximum atomic E-state index is 13.0. The van der Waals surface area contributed by atoms with Crippen LogP contribution in [-0.2, 0) is 18.4 Å². The third kappa shape index (κ3) is 59.7. The number of nitrogens with one attached hydrogen (secondary N) is 1. The van der Waals surface area contributed by atoms with E-state index in [0.717, 1.165) is 51.4 Å². The molecule has 0 spiro atoms. The van der Waals surface area contributed by atoms with Crippen molar-refractivity contribution in [1.82, 2.24) is 5.32 Å². The molecular formula is C66H125N2O6P. The molecule has 0 saturated carbocycles. The number of hydrogen-bond donors (Lipinski definition) is 2. The van der Waals surface area contributed by atoms with Gasteiger partial charge in [-0.15, -0.1) is 0 Å². The van der Waals surface area contributed by atoms with Crippen molar-refractivity contribution in [3.8, 4) is 0 Å². The minimum atomic E-state index is -4.61. The Hall–Kier alpha value is -1.80.